The van der Waals surface area contributed by atoms with Crippen LogP contribution in [0.3, 0.4) is 0 Å². The minimum absolute atomic E-state index is 0.196. The lowest BCUT2D eigenvalue weighted by molar-refractivity contribution is -0.00692. The molecule has 3 nitrogen and oxygen atoms in total. The van der Waals surface area contributed by atoms with Gasteiger partial charge in [-0.3, -0.25) is 10.1 Å². The molecule has 1 amide bonds. The van der Waals surface area contributed by atoms with E-state index in [4.69, 9.17) is 23.8 Å². The van der Waals surface area contributed by atoms with Crippen molar-refractivity contribution in [3.63, 3.8) is 0 Å². The van der Waals surface area contributed by atoms with Crippen molar-refractivity contribution in [2.45, 2.75) is 45.1 Å². The highest BCUT2D eigenvalue weighted by molar-refractivity contribution is 7.80. The summed E-state index contributed by atoms with van der Waals surface area (Å²) in [6, 6.07) is 5.76. The highest BCUT2D eigenvalue weighted by atomic mass is 35.5. The number of carbonyl (C=O) groups is 1. The van der Waals surface area contributed by atoms with Gasteiger partial charge in [0.2, 0.25) is 0 Å². The highest BCUT2D eigenvalue weighted by Gasteiger charge is 2.48. The van der Waals surface area contributed by atoms with Crippen molar-refractivity contribution in [2.24, 2.45) is 23.7 Å². The van der Waals surface area contributed by atoms with Crippen molar-refractivity contribution in [2.75, 3.05) is 0 Å². The number of hydrogen-bond acceptors (Lipinski definition) is 2. The second-order valence-corrected chi connectivity index (χ2v) is 8.66. The van der Waals surface area contributed by atoms with E-state index in [1.165, 1.54) is 32.1 Å². The van der Waals surface area contributed by atoms with Crippen LogP contribution in [0.25, 0.3) is 0 Å². The third-order valence-corrected chi connectivity index (χ3v) is 6.81. The van der Waals surface area contributed by atoms with Crippen molar-refractivity contribution >= 4 is 34.8 Å². The first-order chi connectivity index (χ1) is 11.5. The van der Waals surface area contributed by atoms with Crippen LogP contribution in [0.4, 0.5) is 0 Å². The van der Waals surface area contributed by atoms with Gasteiger partial charge in [0, 0.05) is 16.6 Å². The maximum Gasteiger partial charge on any atom is 0.257 e. The standard InChI is InChI=1S/C19H23ClN2OS/c1-10-2-3-13(9-16(10)20)18(23)22-19(24)21-17-14-5-11-4-12(7-14)8-15(17)6-11/h2-3,9,11-12,14-15,17H,4-8H2,1H3,(H2,21,22,23,24). The molecule has 4 fully saturated rings. The Kier molecular flexibility index (Phi) is 4.29. The topological polar surface area (TPSA) is 41.1 Å². The molecule has 0 heterocycles. The van der Waals surface area contributed by atoms with E-state index in [-0.39, 0.29) is 5.91 Å². The maximum absolute atomic E-state index is 12.4. The van der Waals surface area contributed by atoms with Crippen molar-refractivity contribution in [1.82, 2.24) is 10.6 Å². The summed E-state index contributed by atoms with van der Waals surface area (Å²) in [5.41, 5.74) is 1.50. The molecule has 4 aliphatic rings. The van der Waals surface area contributed by atoms with Gasteiger partial charge in [-0.1, -0.05) is 17.7 Å². The van der Waals surface area contributed by atoms with Crippen LogP contribution >= 0.6 is 23.8 Å². The molecule has 4 aliphatic carbocycles. The molecule has 0 saturated heterocycles. The van der Waals surface area contributed by atoms with Gasteiger partial charge in [-0.25, -0.2) is 0 Å². The van der Waals surface area contributed by atoms with E-state index in [1.54, 1.807) is 12.1 Å². The number of thiocarbonyl (C=S) groups is 1. The van der Waals surface area contributed by atoms with E-state index >= 15 is 0 Å². The first kappa shape index (κ1) is 16.3. The summed E-state index contributed by atoms with van der Waals surface area (Å²) < 4.78 is 0. The van der Waals surface area contributed by atoms with E-state index in [0.717, 1.165) is 29.2 Å². The number of amides is 1. The summed E-state index contributed by atoms with van der Waals surface area (Å²) in [5.74, 6) is 3.12. The van der Waals surface area contributed by atoms with Crippen molar-refractivity contribution < 1.29 is 4.79 Å². The van der Waals surface area contributed by atoms with Crippen LogP contribution in [0.15, 0.2) is 18.2 Å². The van der Waals surface area contributed by atoms with Crippen LogP contribution in [0, 0.1) is 30.6 Å². The first-order valence-corrected chi connectivity index (χ1v) is 9.66. The molecule has 128 valence electrons. The third-order valence-electron chi connectivity index (χ3n) is 6.19. The zero-order chi connectivity index (χ0) is 16.8. The van der Waals surface area contributed by atoms with Gasteiger partial charge in [-0.2, -0.15) is 0 Å². The molecule has 4 saturated carbocycles. The fraction of sp³-hybridized carbons (Fsp3) is 0.579. The van der Waals surface area contributed by atoms with Gasteiger partial charge in [-0.05, 0) is 92.6 Å². The Morgan fingerprint density at radius 2 is 1.75 bits per heavy atom. The van der Waals surface area contributed by atoms with E-state index in [9.17, 15) is 4.79 Å². The second-order valence-electron chi connectivity index (χ2n) is 7.85. The van der Waals surface area contributed by atoms with Crippen LogP contribution in [0.1, 0.15) is 48.0 Å². The van der Waals surface area contributed by atoms with Crippen molar-refractivity contribution in [3.05, 3.63) is 34.3 Å². The number of hydrogen-bond donors (Lipinski definition) is 2. The predicted octanol–water partition coefficient (Wildman–Crippen LogP) is 4.08. The zero-order valence-electron chi connectivity index (χ0n) is 13.8. The number of aryl methyl sites for hydroxylation is 1. The highest BCUT2D eigenvalue weighted by Crippen LogP contribution is 2.53. The summed E-state index contributed by atoms with van der Waals surface area (Å²) >= 11 is 11.5. The molecular formula is C19H23ClN2OS. The fourth-order valence-corrected chi connectivity index (χ4v) is 5.67. The van der Waals surface area contributed by atoms with Gasteiger partial charge in [0.15, 0.2) is 5.11 Å². The van der Waals surface area contributed by atoms with Crippen LogP contribution in [0.5, 0.6) is 0 Å². The molecule has 0 atom stereocenters. The minimum Gasteiger partial charge on any atom is -0.359 e. The van der Waals surface area contributed by atoms with Crippen LogP contribution in [-0.4, -0.2) is 17.1 Å². The van der Waals surface area contributed by atoms with Gasteiger partial charge < -0.3 is 5.32 Å². The van der Waals surface area contributed by atoms with E-state index < -0.39 is 0 Å². The summed E-state index contributed by atoms with van der Waals surface area (Å²) in [6.45, 7) is 1.92. The van der Waals surface area contributed by atoms with Crippen molar-refractivity contribution in [1.29, 1.82) is 0 Å². The summed E-state index contributed by atoms with van der Waals surface area (Å²) in [6.07, 6.45) is 6.75. The molecule has 5 heteroatoms. The second kappa shape index (κ2) is 6.30. The average molecular weight is 363 g/mol. The van der Waals surface area contributed by atoms with Gasteiger partial charge in [0.1, 0.15) is 0 Å². The van der Waals surface area contributed by atoms with Gasteiger partial charge in [0.05, 0.1) is 0 Å². The third kappa shape index (κ3) is 3.06. The van der Waals surface area contributed by atoms with Crippen LogP contribution < -0.4 is 10.6 Å². The molecule has 24 heavy (non-hydrogen) atoms. The Morgan fingerprint density at radius 1 is 1.12 bits per heavy atom. The lowest BCUT2D eigenvalue weighted by atomic mass is 9.54. The molecule has 0 spiro atoms. The summed E-state index contributed by atoms with van der Waals surface area (Å²) in [4.78, 5) is 12.4. The number of carbonyl (C=O) groups excluding carboxylic acids is 1. The Bertz CT molecular complexity index is 662. The molecule has 1 aromatic rings. The SMILES string of the molecule is Cc1ccc(C(=O)NC(=S)NC2C3CC4CC(C3)CC2C4)cc1Cl. The Labute approximate surface area is 153 Å². The minimum atomic E-state index is -0.196. The average Bonchev–Trinajstić information content (AvgIpc) is 2.52. The molecule has 2 N–H and O–H groups in total. The normalized spacial score (nSPS) is 33.3. The molecular weight excluding hydrogens is 340 g/mol. The van der Waals surface area contributed by atoms with Crippen LogP contribution in [-0.2, 0) is 0 Å². The monoisotopic (exact) mass is 362 g/mol. The molecule has 0 aromatic heterocycles. The van der Waals surface area contributed by atoms with Crippen molar-refractivity contribution in [3.8, 4) is 0 Å². The summed E-state index contributed by atoms with van der Waals surface area (Å²) in [7, 11) is 0. The molecule has 0 radical (unpaired) electrons. The van der Waals surface area contributed by atoms with Crippen LogP contribution in [0.2, 0.25) is 5.02 Å². The number of rotatable bonds is 2. The maximum atomic E-state index is 12.4. The molecule has 4 bridgehead atoms. The fourth-order valence-electron chi connectivity index (χ4n) is 5.26. The Balaban J connectivity index is 1.38. The molecule has 5 rings (SSSR count). The van der Waals surface area contributed by atoms with E-state index in [2.05, 4.69) is 10.6 Å². The van der Waals surface area contributed by atoms with E-state index in [1.807, 2.05) is 13.0 Å². The van der Waals surface area contributed by atoms with E-state index in [0.29, 0.717) is 21.7 Å². The quantitative estimate of drug-likeness (QED) is 0.779. The lowest BCUT2D eigenvalue weighted by Crippen LogP contribution is -2.57. The predicted molar refractivity (Wildman–Crippen MR) is 100 cm³/mol. The molecule has 0 unspecified atom stereocenters. The first-order valence-electron chi connectivity index (χ1n) is 8.87. The zero-order valence-corrected chi connectivity index (χ0v) is 15.4. The Hall–Kier alpha value is -1.13. The smallest absolute Gasteiger partial charge is 0.257 e. The number of nitrogens with one attached hydrogen (secondary N) is 2. The van der Waals surface area contributed by atoms with Gasteiger partial charge >= 0.3 is 0 Å². The largest absolute Gasteiger partial charge is 0.359 e. The summed E-state index contributed by atoms with van der Waals surface area (Å²) in [5, 5.41) is 7.33. The van der Waals surface area contributed by atoms with Gasteiger partial charge in [-0.15, -0.1) is 0 Å². The number of halogens is 1. The molecule has 0 aliphatic heterocycles. The number of benzene rings is 1. The van der Waals surface area contributed by atoms with Gasteiger partial charge in [0.25, 0.3) is 5.91 Å². The Morgan fingerprint density at radius 3 is 2.33 bits per heavy atom. The molecule has 1 aromatic carbocycles. The lowest BCUT2D eigenvalue weighted by Gasteiger charge is -2.54.